The number of benzene rings is 1. The summed E-state index contributed by atoms with van der Waals surface area (Å²) < 4.78 is 0. The van der Waals surface area contributed by atoms with Gasteiger partial charge in [-0.25, -0.2) is 0 Å². The maximum Gasteiger partial charge on any atom is 0.251 e. The van der Waals surface area contributed by atoms with Crippen LogP contribution < -0.4 is 5.32 Å². The average molecular weight is 305 g/mol. The monoisotopic (exact) mass is 303 g/mol. The molecule has 0 radical (unpaired) electrons. The Morgan fingerprint density at radius 3 is 2.81 bits per heavy atom. The van der Waals surface area contributed by atoms with E-state index in [4.69, 9.17) is 11.6 Å². The highest BCUT2D eigenvalue weighted by atomic mass is 79.9. The van der Waals surface area contributed by atoms with E-state index in [9.17, 15) is 4.79 Å². The van der Waals surface area contributed by atoms with E-state index in [1.54, 1.807) is 12.1 Å². The molecule has 88 valence electrons. The summed E-state index contributed by atoms with van der Waals surface area (Å²) in [6, 6.07) is 5.34. The van der Waals surface area contributed by atoms with Crippen molar-refractivity contribution in [3.63, 3.8) is 0 Å². The lowest BCUT2D eigenvalue weighted by Crippen LogP contribution is -2.28. The maximum absolute atomic E-state index is 11.7. The number of carbonyl (C=O) groups is 1. The van der Waals surface area contributed by atoms with Gasteiger partial charge >= 0.3 is 0 Å². The molecule has 0 aliphatic heterocycles. The first-order valence-electron chi connectivity index (χ1n) is 5.15. The van der Waals surface area contributed by atoms with Gasteiger partial charge in [-0.2, -0.15) is 0 Å². The predicted molar refractivity (Wildman–Crippen MR) is 71.5 cm³/mol. The second-order valence-corrected chi connectivity index (χ2v) is 4.99. The zero-order valence-electron chi connectivity index (χ0n) is 9.39. The molecule has 4 heteroatoms. The quantitative estimate of drug-likeness (QED) is 0.849. The van der Waals surface area contributed by atoms with Crippen molar-refractivity contribution in [2.45, 2.75) is 13.8 Å². The molecule has 0 saturated carbocycles. The third kappa shape index (κ3) is 3.80. The minimum Gasteiger partial charge on any atom is -0.352 e. The van der Waals surface area contributed by atoms with Gasteiger partial charge in [-0.1, -0.05) is 40.5 Å². The van der Waals surface area contributed by atoms with Gasteiger partial charge in [0.15, 0.2) is 0 Å². The van der Waals surface area contributed by atoms with Crippen molar-refractivity contribution in [2.24, 2.45) is 5.92 Å². The van der Waals surface area contributed by atoms with Gasteiger partial charge in [-0.15, -0.1) is 0 Å². The summed E-state index contributed by atoms with van der Waals surface area (Å²) in [5.74, 6) is 0.347. The molecule has 1 N–H and O–H groups in total. The number of aryl methyl sites for hydroxylation is 1. The number of alkyl halides is 1. The van der Waals surface area contributed by atoms with Gasteiger partial charge < -0.3 is 5.32 Å². The first-order valence-corrected chi connectivity index (χ1v) is 6.65. The number of hydrogen-bond donors (Lipinski definition) is 1. The highest BCUT2D eigenvalue weighted by molar-refractivity contribution is 9.09. The van der Waals surface area contributed by atoms with Gasteiger partial charge in [-0.3, -0.25) is 4.79 Å². The van der Waals surface area contributed by atoms with E-state index >= 15 is 0 Å². The Balaban J connectivity index is 2.63. The molecule has 0 bridgehead atoms. The van der Waals surface area contributed by atoms with Gasteiger partial charge in [0, 0.05) is 22.5 Å². The van der Waals surface area contributed by atoms with Crippen LogP contribution in [0.15, 0.2) is 18.2 Å². The van der Waals surface area contributed by atoms with Crippen LogP contribution in [0.5, 0.6) is 0 Å². The molecule has 2 nitrogen and oxygen atoms in total. The van der Waals surface area contributed by atoms with Crippen LogP contribution in [0.4, 0.5) is 0 Å². The molecule has 0 spiro atoms. The fourth-order valence-electron chi connectivity index (χ4n) is 1.16. The number of nitrogens with one attached hydrogen (secondary N) is 1. The van der Waals surface area contributed by atoms with Crippen molar-refractivity contribution in [1.82, 2.24) is 5.32 Å². The lowest BCUT2D eigenvalue weighted by atomic mass is 10.1. The van der Waals surface area contributed by atoms with Crippen LogP contribution in [0.2, 0.25) is 5.02 Å². The smallest absolute Gasteiger partial charge is 0.251 e. The van der Waals surface area contributed by atoms with Gasteiger partial charge in [0.1, 0.15) is 0 Å². The summed E-state index contributed by atoms with van der Waals surface area (Å²) in [6.45, 7) is 4.64. The SMILES string of the molecule is Cc1ccc(C(=O)NCC(C)CBr)cc1Cl. The zero-order chi connectivity index (χ0) is 12.1. The van der Waals surface area contributed by atoms with E-state index in [0.29, 0.717) is 23.0 Å². The number of halogens is 2. The lowest BCUT2D eigenvalue weighted by molar-refractivity contribution is 0.0949. The second-order valence-electron chi connectivity index (χ2n) is 3.93. The molecule has 0 fully saturated rings. The summed E-state index contributed by atoms with van der Waals surface area (Å²) in [7, 11) is 0. The van der Waals surface area contributed by atoms with Crippen molar-refractivity contribution in [3.8, 4) is 0 Å². The molecule has 1 aromatic rings. The first kappa shape index (κ1) is 13.5. The molecule has 0 saturated heterocycles. The Kier molecular flexibility index (Phi) is 5.29. The van der Waals surface area contributed by atoms with E-state index in [-0.39, 0.29) is 5.91 Å². The third-order valence-corrected chi connectivity index (χ3v) is 3.82. The fraction of sp³-hybridized carbons (Fsp3) is 0.417. The summed E-state index contributed by atoms with van der Waals surface area (Å²) in [6.07, 6.45) is 0. The zero-order valence-corrected chi connectivity index (χ0v) is 11.7. The Hall–Kier alpha value is -0.540. The standard InChI is InChI=1S/C12H15BrClNO/c1-8(6-13)7-15-12(16)10-4-3-9(2)11(14)5-10/h3-5,8H,6-7H2,1-2H3,(H,15,16). The molecule has 16 heavy (non-hydrogen) atoms. The molecular weight excluding hydrogens is 289 g/mol. The van der Waals surface area contributed by atoms with E-state index in [1.165, 1.54) is 0 Å². The summed E-state index contributed by atoms with van der Waals surface area (Å²) >= 11 is 9.33. The maximum atomic E-state index is 11.7. The summed E-state index contributed by atoms with van der Waals surface area (Å²) in [5, 5.41) is 4.37. The first-order chi connectivity index (χ1) is 7.54. The third-order valence-electron chi connectivity index (χ3n) is 2.31. The van der Waals surface area contributed by atoms with Gasteiger partial charge in [0.2, 0.25) is 0 Å². The molecule has 0 aromatic heterocycles. The van der Waals surface area contributed by atoms with Gasteiger partial charge in [-0.05, 0) is 30.5 Å². The van der Waals surface area contributed by atoms with Crippen molar-refractivity contribution in [1.29, 1.82) is 0 Å². The van der Waals surface area contributed by atoms with Crippen LogP contribution in [0.25, 0.3) is 0 Å². The minimum atomic E-state index is -0.0744. The molecule has 0 heterocycles. The van der Waals surface area contributed by atoms with E-state index in [1.807, 2.05) is 13.0 Å². The van der Waals surface area contributed by atoms with E-state index in [2.05, 4.69) is 28.2 Å². The molecule has 0 aliphatic rings. The predicted octanol–water partition coefficient (Wildman–Crippen LogP) is 3.41. The molecule has 0 aliphatic carbocycles. The van der Waals surface area contributed by atoms with E-state index in [0.717, 1.165) is 10.9 Å². The number of hydrogen-bond acceptors (Lipinski definition) is 1. The van der Waals surface area contributed by atoms with Crippen LogP contribution >= 0.6 is 27.5 Å². The Morgan fingerprint density at radius 2 is 2.25 bits per heavy atom. The van der Waals surface area contributed by atoms with Crippen molar-refractivity contribution in [2.75, 3.05) is 11.9 Å². The molecule has 1 rings (SSSR count). The lowest BCUT2D eigenvalue weighted by Gasteiger charge is -2.10. The highest BCUT2D eigenvalue weighted by Gasteiger charge is 2.08. The Labute approximate surface area is 110 Å². The number of rotatable bonds is 4. The van der Waals surface area contributed by atoms with Crippen molar-refractivity contribution >= 4 is 33.4 Å². The second kappa shape index (κ2) is 6.26. The normalized spacial score (nSPS) is 12.2. The largest absolute Gasteiger partial charge is 0.352 e. The van der Waals surface area contributed by atoms with Crippen LogP contribution in [0.1, 0.15) is 22.8 Å². The van der Waals surface area contributed by atoms with Crippen LogP contribution in [-0.2, 0) is 0 Å². The van der Waals surface area contributed by atoms with Crippen molar-refractivity contribution < 1.29 is 4.79 Å². The fourth-order valence-corrected chi connectivity index (χ4v) is 1.57. The number of amides is 1. The minimum absolute atomic E-state index is 0.0744. The van der Waals surface area contributed by atoms with Crippen molar-refractivity contribution in [3.05, 3.63) is 34.3 Å². The summed E-state index contributed by atoms with van der Waals surface area (Å²) in [4.78, 5) is 11.7. The average Bonchev–Trinajstić information content (AvgIpc) is 2.29. The molecule has 1 unspecified atom stereocenters. The van der Waals surface area contributed by atoms with Gasteiger partial charge in [0.05, 0.1) is 0 Å². The Bertz CT molecular complexity index is 381. The molecular formula is C12H15BrClNO. The van der Waals surface area contributed by atoms with E-state index < -0.39 is 0 Å². The van der Waals surface area contributed by atoms with Crippen LogP contribution in [-0.4, -0.2) is 17.8 Å². The molecule has 1 amide bonds. The highest BCUT2D eigenvalue weighted by Crippen LogP contribution is 2.16. The Morgan fingerprint density at radius 1 is 1.56 bits per heavy atom. The summed E-state index contributed by atoms with van der Waals surface area (Å²) in [5.41, 5.74) is 1.59. The topological polar surface area (TPSA) is 29.1 Å². The molecule has 1 atom stereocenters. The van der Waals surface area contributed by atoms with Crippen LogP contribution in [0.3, 0.4) is 0 Å². The van der Waals surface area contributed by atoms with Gasteiger partial charge in [0.25, 0.3) is 5.91 Å². The number of carbonyl (C=O) groups excluding carboxylic acids is 1. The molecule has 1 aromatic carbocycles. The van der Waals surface area contributed by atoms with Crippen LogP contribution in [0, 0.1) is 12.8 Å².